The highest BCUT2D eigenvalue weighted by molar-refractivity contribution is 5.41. The van der Waals surface area contributed by atoms with E-state index in [1.165, 1.54) is 5.56 Å². The fourth-order valence-electron chi connectivity index (χ4n) is 1.68. The summed E-state index contributed by atoms with van der Waals surface area (Å²) in [6.07, 6.45) is 3.24. The van der Waals surface area contributed by atoms with E-state index in [1.807, 2.05) is 12.1 Å². The van der Waals surface area contributed by atoms with Crippen LogP contribution in [0.3, 0.4) is 0 Å². The van der Waals surface area contributed by atoms with Crippen molar-refractivity contribution in [3.63, 3.8) is 0 Å². The summed E-state index contributed by atoms with van der Waals surface area (Å²) in [5, 5.41) is 0. The molecule has 2 N–H and O–H groups in total. The summed E-state index contributed by atoms with van der Waals surface area (Å²) >= 11 is 0. The smallest absolute Gasteiger partial charge is 0.173 e. The zero-order valence-electron chi connectivity index (χ0n) is 8.16. The van der Waals surface area contributed by atoms with Gasteiger partial charge in [0, 0.05) is 12.1 Å². The number of nitrogens with two attached hydrogens (primary N) is 1. The van der Waals surface area contributed by atoms with Gasteiger partial charge in [0.25, 0.3) is 0 Å². The summed E-state index contributed by atoms with van der Waals surface area (Å²) in [5.74, 6) is 0.828. The maximum absolute atomic E-state index is 5.63. The van der Waals surface area contributed by atoms with E-state index in [9.17, 15) is 0 Å². The highest BCUT2D eigenvalue weighted by Crippen LogP contribution is 2.27. The molecule has 76 valence electrons. The van der Waals surface area contributed by atoms with Gasteiger partial charge in [0.1, 0.15) is 0 Å². The van der Waals surface area contributed by atoms with Gasteiger partial charge in [-0.25, -0.2) is 0 Å². The Morgan fingerprint density at radius 2 is 2.21 bits per heavy atom. The normalized spacial score (nSPS) is 16.4. The molecule has 1 aromatic rings. The lowest BCUT2D eigenvalue weighted by atomic mass is 10.0. The molecule has 0 saturated heterocycles. The Morgan fingerprint density at radius 3 is 3.07 bits per heavy atom. The van der Waals surface area contributed by atoms with Crippen molar-refractivity contribution in [2.24, 2.45) is 5.73 Å². The minimum absolute atomic E-state index is 0.493. The minimum Gasteiger partial charge on any atom is -0.337 e. The third-order valence-electron chi connectivity index (χ3n) is 2.46. The van der Waals surface area contributed by atoms with Crippen LogP contribution in [0.15, 0.2) is 18.2 Å². The Bertz CT molecular complexity index is 312. The van der Waals surface area contributed by atoms with Gasteiger partial charge in [-0.3, -0.25) is 0 Å². The van der Waals surface area contributed by atoms with Crippen molar-refractivity contribution in [2.45, 2.75) is 25.8 Å². The molecule has 0 fully saturated rings. The predicted molar refractivity (Wildman–Crippen MR) is 53.9 cm³/mol. The molecule has 0 bridgehead atoms. The van der Waals surface area contributed by atoms with E-state index in [0.29, 0.717) is 13.2 Å². The van der Waals surface area contributed by atoms with Crippen LogP contribution in [0.1, 0.15) is 24.0 Å². The van der Waals surface area contributed by atoms with E-state index in [0.717, 1.165) is 30.6 Å². The number of benzene rings is 1. The molecule has 0 aliphatic carbocycles. The van der Waals surface area contributed by atoms with Crippen LogP contribution in [0.2, 0.25) is 0 Å². The molecule has 2 rings (SSSR count). The fraction of sp³-hybridized carbons (Fsp3) is 0.455. The highest BCUT2D eigenvalue weighted by Gasteiger charge is 2.12. The molecule has 0 radical (unpaired) electrons. The van der Waals surface area contributed by atoms with Crippen molar-refractivity contribution in [1.29, 1.82) is 0 Å². The molecule has 0 amide bonds. The van der Waals surface area contributed by atoms with Crippen LogP contribution in [0.5, 0.6) is 5.75 Å². The van der Waals surface area contributed by atoms with Gasteiger partial charge in [-0.05, 0) is 24.8 Å². The van der Waals surface area contributed by atoms with Crippen molar-refractivity contribution in [3.8, 4) is 5.75 Å². The second-order valence-corrected chi connectivity index (χ2v) is 3.47. The number of rotatable bonds is 1. The molecule has 0 unspecified atom stereocenters. The maximum Gasteiger partial charge on any atom is 0.173 e. The Kier molecular flexibility index (Phi) is 3.01. The van der Waals surface area contributed by atoms with Gasteiger partial charge in [-0.2, -0.15) is 4.89 Å². The SMILES string of the molecule is NCc1cccc2c1OOCCCC2. The van der Waals surface area contributed by atoms with E-state index >= 15 is 0 Å². The van der Waals surface area contributed by atoms with Crippen molar-refractivity contribution >= 4 is 0 Å². The number of hydrogen-bond donors (Lipinski definition) is 1. The number of hydrogen-bond acceptors (Lipinski definition) is 3. The van der Waals surface area contributed by atoms with E-state index in [1.54, 1.807) is 0 Å². The highest BCUT2D eigenvalue weighted by atomic mass is 17.2. The average Bonchev–Trinajstić information content (AvgIpc) is 2.18. The van der Waals surface area contributed by atoms with Crippen molar-refractivity contribution in [2.75, 3.05) is 6.61 Å². The van der Waals surface area contributed by atoms with Crippen LogP contribution in [0.4, 0.5) is 0 Å². The molecule has 0 aromatic heterocycles. The summed E-state index contributed by atoms with van der Waals surface area (Å²) in [4.78, 5) is 10.4. The van der Waals surface area contributed by atoms with Gasteiger partial charge < -0.3 is 10.6 Å². The summed E-state index contributed by atoms with van der Waals surface area (Å²) in [6.45, 7) is 1.16. The molecule has 0 spiro atoms. The topological polar surface area (TPSA) is 44.5 Å². The van der Waals surface area contributed by atoms with Crippen LogP contribution < -0.4 is 10.6 Å². The van der Waals surface area contributed by atoms with Crippen molar-refractivity contribution in [1.82, 2.24) is 0 Å². The zero-order valence-corrected chi connectivity index (χ0v) is 8.16. The van der Waals surface area contributed by atoms with Crippen LogP contribution in [0.25, 0.3) is 0 Å². The van der Waals surface area contributed by atoms with E-state index in [-0.39, 0.29) is 0 Å². The van der Waals surface area contributed by atoms with Crippen molar-refractivity contribution < 1.29 is 9.78 Å². The lowest BCUT2D eigenvalue weighted by molar-refractivity contribution is -0.210. The standard InChI is InChI=1S/C11H15NO2/c12-8-10-6-3-5-9-4-1-2-7-13-14-11(9)10/h3,5-6H,1-2,4,7-8,12H2. The Hall–Kier alpha value is -1.06. The molecule has 1 aromatic carbocycles. The second-order valence-electron chi connectivity index (χ2n) is 3.47. The first-order chi connectivity index (χ1) is 6.92. The summed E-state index contributed by atoms with van der Waals surface area (Å²) in [7, 11) is 0. The molecule has 0 atom stereocenters. The lowest BCUT2D eigenvalue weighted by Gasteiger charge is -2.16. The molecular weight excluding hydrogens is 178 g/mol. The number of aryl methyl sites for hydroxylation is 1. The quantitative estimate of drug-likeness (QED) is 0.691. The Labute approximate surface area is 83.7 Å². The monoisotopic (exact) mass is 193 g/mol. The summed E-state index contributed by atoms with van der Waals surface area (Å²) in [5.41, 5.74) is 7.85. The molecule has 3 nitrogen and oxygen atoms in total. The second kappa shape index (κ2) is 4.44. The van der Waals surface area contributed by atoms with Crippen LogP contribution >= 0.6 is 0 Å². The molecule has 0 saturated carbocycles. The largest absolute Gasteiger partial charge is 0.337 e. The minimum atomic E-state index is 0.493. The molecular formula is C11H15NO2. The molecule has 1 aliphatic rings. The van der Waals surface area contributed by atoms with E-state index < -0.39 is 0 Å². The third-order valence-corrected chi connectivity index (χ3v) is 2.46. The molecule has 1 aliphatic heterocycles. The van der Waals surface area contributed by atoms with Gasteiger partial charge in [0.2, 0.25) is 0 Å². The zero-order chi connectivity index (χ0) is 9.80. The van der Waals surface area contributed by atoms with E-state index in [4.69, 9.17) is 15.5 Å². The average molecular weight is 193 g/mol. The maximum atomic E-state index is 5.63. The van der Waals surface area contributed by atoms with Gasteiger partial charge in [-0.15, -0.1) is 0 Å². The predicted octanol–water partition coefficient (Wildman–Crippen LogP) is 1.79. The number of fused-ring (bicyclic) bond motifs is 1. The summed E-state index contributed by atoms with van der Waals surface area (Å²) < 4.78 is 0. The molecule has 3 heteroatoms. The van der Waals surface area contributed by atoms with Gasteiger partial charge in [-0.1, -0.05) is 18.2 Å². The van der Waals surface area contributed by atoms with Crippen LogP contribution in [-0.2, 0) is 17.9 Å². The Morgan fingerprint density at radius 1 is 1.29 bits per heavy atom. The van der Waals surface area contributed by atoms with Crippen LogP contribution in [-0.4, -0.2) is 6.61 Å². The molecule has 1 heterocycles. The summed E-state index contributed by atoms with van der Waals surface area (Å²) in [6, 6.07) is 6.07. The third kappa shape index (κ3) is 1.89. The lowest BCUT2D eigenvalue weighted by Crippen LogP contribution is -2.09. The Balaban J connectivity index is 2.33. The fourth-order valence-corrected chi connectivity index (χ4v) is 1.68. The molecule has 14 heavy (non-hydrogen) atoms. The first-order valence-corrected chi connectivity index (χ1v) is 5.02. The first kappa shape index (κ1) is 9.49. The van der Waals surface area contributed by atoms with Gasteiger partial charge >= 0.3 is 0 Å². The van der Waals surface area contributed by atoms with Crippen LogP contribution in [0, 0.1) is 0 Å². The van der Waals surface area contributed by atoms with Gasteiger partial charge in [0.05, 0.1) is 6.61 Å². The number of para-hydroxylation sites is 1. The first-order valence-electron chi connectivity index (χ1n) is 5.02. The van der Waals surface area contributed by atoms with E-state index in [2.05, 4.69) is 6.07 Å². The van der Waals surface area contributed by atoms with Gasteiger partial charge in [0.15, 0.2) is 5.75 Å². The van der Waals surface area contributed by atoms with Crippen molar-refractivity contribution in [3.05, 3.63) is 29.3 Å².